The Morgan fingerprint density at radius 2 is 1.19 bits per heavy atom. The summed E-state index contributed by atoms with van der Waals surface area (Å²) in [5.41, 5.74) is 1.56. The van der Waals surface area contributed by atoms with E-state index in [9.17, 15) is 39.0 Å². The molecule has 0 saturated carbocycles. The number of rotatable bonds is 22. The van der Waals surface area contributed by atoms with Crippen molar-refractivity contribution in [2.45, 2.75) is 123 Å². The Kier molecular flexibility index (Phi) is 18.8. The van der Waals surface area contributed by atoms with Crippen LogP contribution in [-0.4, -0.2) is 87.2 Å². The Balaban J connectivity index is 2.14. The second-order valence-electron chi connectivity index (χ2n) is 15.0. The highest BCUT2D eigenvalue weighted by Gasteiger charge is 2.32. The quantitative estimate of drug-likeness (QED) is 0.0884. The molecule has 2 aromatic carbocycles. The van der Waals surface area contributed by atoms with Crippen molar-refractivity contribution in [3.8, 4) is 0 Å². The lowest BCUT2D eigenvalue weighted by Crippen LogP contribution is -2.54. The molecule has 0 spiro atoms. The van der Waals surface area contributed by atoms with Gasteiger partial charge >= 0.3 is 5.97 Å². The van der Waals surface area contributed by atoms with Crippen molar-refractivity contribution in [1.82, 2.24) is 26.6 Å². The van der Waals surface area contributed by atoms with Crippen LogP contribution in [0.5, 0.6) is 0 Å². The number of hydrogen-bond donors (Lipinski definition) is 8. The Morgan fingerprint density at radius 1 is 0.630 bits per heavy atom. The zero-order valence-electron chi connectivity index (χ0n) is 32.4. The van der Waals surface area contributed by atoms with Gasteiger partial charge in [0, 0.05) is 13.5 Å². The second-order valence-corrected chi connectivity index (χ2v) is 15.0. The Bertz CT molecular complexity index is 1530. The topological polar surface area (TPSA) is 223 Å². The molecule has 14 heteroatoms. The highest BCUT2D eigenvalue weighted by molar-refractivity contribution is 5.89. The van der Waals surface area contributed by atoms with Crippen molar-refractivity contribution in [1.29, 1.82) is 0 Å². The van der Waals surface area contributed by atoms with Crippen LogP contribution in [0, 0.1) is 17.8 Å². The predicted molar refractivity (Wildman–Crippen MR) is 204 cm³/mol. The van der Waals surface area contributed by atoms with Gasteiger partial charge in [0.05, 0.1) is 42.7 Å². The Morgan fingerprint density at radius 3 is 1.70 bits per heavy atom. The first-order valence-electron chi connectivity index (χ1n) is 18.5. The number of carbonyl (C=O) groups excluding carboxylic acids is 5. The average Bonchev–Trinajstić information content (AvgIpc) is 3.08. The van der Waals surface area contributed by atoms with Gasteiger partial charge in [0.15, 0.2) is 0 Å². The van der Waals surface area contributed by atoms with Crippen LogP contribution in [0.25, 0.3) is 0 Å². The first kappa shape index (κ1) is 45.3. The molecule has 1 unspecified atom stereocenters. The first-order chi connectivity index (χ1) is 25.4. The standard InChI is InChI=1S/C40H59N5O9/c1-23(2)17-30(44-38(51)32(18-24(3)4)42-26(7)46)33(47)20-35(49)43-31(19-27-11-9-8-10-12-27)34(48)21-36(50)45-37(25(5)6)39(52)41-22-28-13-15-29(16-14-28)40(53)54/h8-16,23-25,30-34,37,47-48H,17-22H2,1-7H3,(H,41,52)(H,42,46)(H,43,49)(H,44,51)(H,45,50)(H,53,54)/t30-,31-,32-,33-,34-,37?/m0/s1. The molecule has 8 N–H and O–H groups in total. The summed E-state index contributed by atoms with van der Waals surface area (Å²) in [6.07, 6.45) is -2.64. The van der Waals surface area contributed by atoms with Crippen LogP contribution < -0.4 is 26.6 Å². The van der Waals surface area contributed by atoms with Crippen LogP contribution in [0.4, 0.5) is 0 Å². The van der Waals surface area contributed by atoms with Gasteiger partial charge in [-0.25, -0.2) is 4.79 Å². The van der Waals surface area contributed by atoms with Crippen molar-refractivity contribution >= 4 is 35.5 Å². The molecule has 5 amide bonds. The van der Waals surface area contributed by atoms with Crippen LogP contribution in [0.1, 0.15) is 95.6 Å². The fourth-order valence-corrected chi connectivity index (χ4v) is 5.96. The largest absolute Gasteiger partial charge is 0.478 e. The number of carboxylic acids is 1. The molecule has 0 aliphatic carbocycles. The Hall–Kier alpha value is -4.82. The molecule has 0 aliphatic rings. The van der Waals surface area contributed by atoms with E-state index in [1.807, 2.05) is 45.9 Å². The third-order valence-corrected chi connectivity index (χ3v) is 8.75. The van der Waals surface area contributed by atoms with E-state index in [4.69, 9.17) is 5.11 Å². The molecule has 0 saturated heterocycles. The van der Waals surface area contributed by atoms with E-state index < -0.39 is 78.8 Å². The van der Waals surface area contributed by atoms with Crippen LogP contribution in [-0.2, 0) is 36.9 Å². The van der Waals surface area contributed by atoms with Gasteiger partial charge in [0.25, 0.3) is 0 Å². The monoisotopic (exact) mass is 753 g/mol. The molecule has 54 heavy (non-hydrogen) atoms. The molecule has 0 bridgehead atoms. The lowest BCUT2D eigenvalue weighted by atomic mass is 9.95. The van der Waals surface area contributed by atoms with Gasteiger partial charge in [0.1, 0.15) is 12.1 Å². The Labute approximate surface area is 318 Å². The maximum Gasteiger partial charge on any atom is 0.335 e. The summed E-state index contributed by atoms with van der Waals surface area (Å²) in [5.74, 6) is -3.75. The number of amides is 5. The zero-order valence-corrected chi connectivity index (χ0v) is 32.4. The zero-order chi connectivity index (χ0) is 40.5. The number of hydrogen-bond acceptors (Lipinski definition) is 8. The predicted octanol–water partition coefficient (Wildman–Crippen LogP) is 2.45. The van der Waals surface area contributed by atoms with Crippen molar-refractivity contribution in [3.05, 3.63) is 71.3 Å². The van der Waals surface area contributed by atoms with Crippen LogP contribution in [0.3, 0.4) is 0 Å². The molecule has 6 atom stereocenters. The first-order valence-corrected chi connectivity index (χ1v) is 18.5. The van der Waals surface area contributed by atoms with E-state index in [0.717, 1.165) is 5.56 Å². The molecule has 0 radical (unpaired) electrons. The summed E-state index contributed by atoms with van der Waals surface area (Å²) in [5, 5.41) is 45.3. The van der Waals surface area contributed by atoms with Crippen molar-refractivity contribution in [2.75, 3.05) is 0 Å². The van der Waals surface area contributed by atoms with Crippen molar-refractivity contribution < 1.29 is 44.1 Å². The summed E-state index contributed by atoms with van der Waals surface area (Å²) in [6.45, 7) is 12.6. The molecule has 2 rings (SSSR count). The highest BCUT2D eigenvalue weighted by atomic mass is 16.4. The van der Waals surface area contributed by atoms with E-state index in [0.29, 0.717) is 18.4 Å². The maximum absolute atomic E-state index is 13.4. The van der Waals surface area contributed by atoms with Crippen molar-refractivity contribution in [3.63, 3.8) is 0 Å². The van der Waals surface area contributed by atoms with Crippen LogP contribution in [0.2, 0.25) is 0 Å². The molecule has 2 aromatic rings. The number of aromatic carboxylic acids is 1. The lowest BCUT2D eigenvalue weighted by molar-refractivity contribution is -0.132. The summed E-state index contributed by atoms with van der Waals surface area (Å²) in [7, 11) is 0. The molecule has 14 nitrogen and oxygen atoms in total. The van der Waals surface area contributed by atoms with Crippen LogP contribution >= 0.6 is 0 Å². The lowest BCUT2D eigenvalue weighted by Gasteiger charge is -2.29. The summed E-state index contributed by atoms with van der Waals surface area (Å²) < 4.78 is 0. The molecular formula is C40H59N5O9. The number of carbonyl (C=O) groups is 6. The minimum atomic E-state index is -1.38. The highest BCUT2D eigenvalue weighted by Crippen LogP contribution is 2.15. The van der Waals surface area contributed by atoms with Crippen LogP contribution in [0.15, 0.2) is 54.6 Å². The number of benzene rings is 2. The fourth-order valence-electron chi connectivity index (χ4n) is 5.96. The average molecular weight is 754 g/mol. The molecule has 298 valence electrons. The summed E-state index contributed by atoms with van der Waals surface area (Å²) >= 11 is 0. The minimum Gasteiger partial charge on any atom is -0.478 e. The minimum absolute atomic E-state index is 0.0469. The normalized spacial score (nSPS) is 14.7. The number of carboxylic acid groups (broad SMARTS) is 1. The molecule has 0 fully saturated rings. The van der Waals surface area contributed by atoms with Gasteiger partial charge in [-0.05, 0) is 60.3 Å². The molecule has 0 heterocycles. The van der Waals surface area contributed by atoms with Gasteiger partial charge in [-0.15, -0.1) is 0 Å². The smallest absolute Gasteiger partial charge is 0.335 e. The fraction of sp³-hybridized carbons (Fsp3) is 0.550. The van der Waals surface area contributed by atoms with Gasteiger partial charge in [-0.1, -0.05) is 84.0 Å². The van der Waals surface area contributed by atoms with E-state index >= 15 is 0 Å². The van der Waals surface area contributed by atoms with Gasteiger partial charge < -0.3 is 41.9 Å². The SMILES string of the molecule is CC(=O)N[C@@H](CC(C)C)C(=O)N[C@@H](CC(C)C)[C@@H](O)CC(=O)N[C@@H](Cc1ccccc1)[C@@H](O)CC(=O)NC(C(=O)NCc1ccc(C(=O)O)cc1)C(C)C. The summed E-state index contributed by atoms with van der Waals surface area (Å²) in [4.78, 5) is 75.8. The number of aliphatic hydroxyl groups excluding tert-OH is 2. The molecule has 0 aliphatic heterocycles. The third-order valence-electron chi connectivity index (χ3n) is 8.75. The van der Waals surface area contributed by atoms with E-state index in [2.05, 4.69) is 26.6 Å². The van der Waals surface area contributed by atoms with E-state index in [1.165, 1.54) is 19.1 Å². The molecule has 0 aromatic heterocycles. The number of aliphatic hydroxyl groups is 2. The van der Waals surface area contributed by atoms with Gasteiger partial charge in [-0.2, -0.15) is 0 Å². The van der Waals surface area contributed by atoms with E-state index in [-0.39, 0.29) is 42.2 Å². The third kappa shape index (κ3) is 16.5. The number of nitrogens with one attached hydrogen (secondary N) is 5. The maximum atomic E-state index is 13.4. The van der Waals surface area contributed by atoms with Crippen molar-refractivity contribution in [2.24, 2.45) is 17.8 Å². The summed E-state index contributed by atoms with van der Waals surface area (Å²) in [6, 6.07) is 11.6. The van der Waals surface area contributed by atoms with E-state index in [1.54, 1.807) is 38.1 Å². The second kappa shape index (κ2) is 22.4. The van der Waals surface area contributed by atoms with Gasteiger partial charge in [-0.3, -0.25) is 24.0 Å². The van der Waals surface area contributed by atoms with Gasteiger partial charge in [0.2, 0.25) is 29.5 Å². The molecular weight excluding hydrogens is 694 g/mol.